The van der Waals surface area contributed by atoms with Crippen molar-refractivity contribution in [2.24, 2.45) is 0 Å². The van der Waals surface area contributed by atoms with Crippen LogP contribution < -0.4 is 0 Å². The van der Waals surface area contributed by atoms with Gasteiger partial charge in [0.05, 0.1) is 11.2 Å². The number of carbonyl (C=O) groups excluding carboxylic acids is 1. The van der Waals surface area contributed by atoms with Gasteiger partial charge >= 0.3 is 5.97 Å². The standard InChI is InChI=1S/C17H23BrO2S2/c1-17(13-7-9-14(18)10-8-13)21-12-11-15(22-17)5-3-4-6-16(19)20-2/h7-10,15H,3-6,11-12H2,1-2H3. The second-order valence-corrected chi connectivity index (χ2v) is 10.1. The molecule has 1 aromatic carbocycles. The molecule has 2 nitrogen and oxygen atoms in total. The van der Waals surface area contributed by atoms with Gasteiger partial charge in [-0.1, -0.05) is 34.5 Å². The number of thioether (sulfide) groups is 2. The molecule has 122 valence electrons. The van der Waals surface area contributed by atoms with Gasteiger partial charge in [0.2, 0.25) is 0 Å². The van der Waals surface area contributed by atoms with E-state index in [-0.39, 0.29) is 10.0 Å². The quantitative estimate of drug-likeness (QED) is 0.457. The highest BCUT2D eigenvalue weighted by molar-refractivity contribution is 9.10. The molecule has 1 saturated heterocycles. The lowest BCUT2D eigenvalue weighted by Gasteiger charge is -2.37. The van der Waals surface area contributed by atoms with E-state index >= 15 is 0 Å². The number of rotatable bonds is 6. The maximum Gasteiger partial charge on any atom is 0.305 e. The summed E-state index contributed by atoms with van der Waals surface area (Å²) in [4.78, 5) is 11.1. The molecule has 0 amide bonds. The van der Waals surface area contributed by atoms with Crippen LogP contribution in [0.5, 0.6) is 0 Å². The minimum absolute atomic E-state index is 0.0912. The molecule has 5 heteroatoms. The molecule has 1 heterocycles. The summed E-state index contributed by atoms with van der Waals surface area (Å²) in [6, 6.07) is 8.71. The van der Waals surface area contributed by atoms with Gasteiger partial charge in [0.1, 0.15) is 0 Å². The van der Waals surface area contributed by atoms with Crippen molar-refractivity contribution in [3.63, 3.8) is 0 Å². The van der Waals surface area contributed by atoms with Crippen molar-refractivity contribution in [2.45, 2.75) is 48.4 Å². The summed E-state index contributed by atoms with van der Waals surface area (Å²) in [5, 5.41) is 0.688. The summed E-state index contributed by atoms with van der Waals surface area (Å²) in [6.45, 7) is 2.34. The second kappa shape index (κ2) is 8.65. The van der Waals surface area contributed by atoms with Crippen LogP contribution in [0.2, 0.25) is 0 Å². The van der Waals surface area contributed by atoms with Crippen molar-refractivity contribution in [1.29, 1.82) is 0 Å². The summed E-state index contributed by atoms with van der Waals surface area (Å²) in [5.41, 5.74) is 1.39. The summed E-state index contributed by atoms with van der Waals surface area (Å²) in [6.07, 6.45) is 5.04. The molecule has 1 aliphatic heterocycles. The first-order valence-corrected chi connectivity index (χ1v) is 10.3. The van der Waals surface area contributed by atoms with Crippen LogP contribution >= 0.6 is 39.5 Å². The molecule has 0 N–H and O–H groups in total. The van der Waals surface area contributed by atoms with Gasteiger partial charge < -0.3 is 4.74 Å². The monoisotopic (exact) mass is 402 g/mol. The molecule has 0 radical (unpaired) electrons. The molecule has 0 aromatic heterocycles. The molecule has 2 atom stereocenters. The number of hydrogen-bond acceptors (Lipinski definition) is 4. The first kappa shape index (κ1) is 18.2. The van der Waals surface area contributed by atoms with Crippen LogP contribution in [0.25, 0.3) is 0 Å². The number of esters is 1. The van der Waals surface area contributed by atoms with E-state index in [0.29, 0.717) is 11.7 Å². The molecule has 1 aromatic rings. The minimum atomic E-state index is -0.0912. The lowest BCUT2D eigenvalue weighted by Crippen LogP contribution is -2.24. The molecule has 0 aliphatic carbocycles. The van der Waals surface area contributed by atoms with Crippen molar-refractivity contribution in [1.82, 2.24) is 0 Å². The van der Waals surface area contributed by atoms with Crippen molar-refractivity contribution in [3.8, 4) is 0 Å². The fraction of sp³-hybridized carbons (Fsp3) is 0.588. The highest BCUT2D eigenvalue weighted by Gasteiger charge is 2.34. The van der Waals surface area contributed by atoms with Crippen LogP contribution in [-0.2, 0) is 13.6 Å². The number of ether oxygens (including phenoxy) is 1. The van der Waals surface area contributed by atoms with E-state index in [1.54, 1.807) is 0 Å². The van der Waals surface area contributed by atoms with Crippen LogP contribution in [-0.4, -0.2) is 24.1 Å². The lowest BCUT2D eigenvalue weighted by molar-refractivity contribution is -0.140. The first-order chi connectivity index (χ1) is 10.5. The Morgan fingerprint density at radius 2 is 2.09 bits per heavy atom. The third-order valence-electron chi connectivity index (χ3n) is 3.96. The van der Waals surface area contributed by atoms with E-state index in [2.05, 4.69) is 58.9 Å². The van der Waals surface area contributed by atoms with Crippen LogP contribution in [0.3, 0.4) is 0 Å². The highest BCUT2D eigenvalue weighted by atomic mass is 79.9. The Kier molecular flexibility index (Phi) is 7.16. The zero-order chi connectivity index (χ0) is 16.0. The number of carbonyl (C=O) groups is 1. The Balaban J connectivity index is 1.85. The molecule has 1 aliphatic rings. The maximum absolute atomic E-state index is 11.1. The van der Waals surface area contributed by atoms with E-state index in [1.165, 1.54) is 31.3 Å². The Labute approximate surface area is 150 Å². The molecule has 0 saturated carbocycles. The van der Waals surface area contributed by atoms with Gasteiger partial charge in [-0.05, 0) is 49.6 Å². The molecule has 2 unspecified atom stereocenters. The lowest BCUT2D eigenvalue weighted by atomic mass is 10.1. The molecular weight excluding hydrogens is 380 g/mol. The largest absolute Gasteiger partial charge is 0.469 e. The molecular formula is C17H23BrO2S2. The number of benzene rings is 1. The van der Waals surface area contributed by atoms with Crippen LogP contribution in [0.4, 0.5) is 0 Å². The number of halogens is 1. The second-order valence-electron chi connectivity index (χ2n) is 5.65. The Morgan fingerprint density at radius 1 is 1.36 bits per heavy atom. The molecule has 0 spiro atoms. The minimum Gasteiger partial charge on any atom is -0.469 e. The van der Waals surface area contributed by atoms with E-state index < -0.39 is 0 Å². The number of methoxy groups -OCH3 is 1. The van der Waals surface area contributed by atoms with Gasteiger partial charge in [0.15, 0.2) is 0 Å². The third-order valence-corrected chi connectivity index (χ3v) is 7.85. The van der Waals surface area contributed by atoms with Gasteiger partial charge in [-0.2, -0.15) is 0 Å². The van der Waals surface area contributed by atoms with Gasteiger partial charge in [0.25, 0.3) is 0 Å². The predicted molar refractivity (Wildman–Crippen MR) is 100 cm³/mol. The van der Waals surface area contributed by atoms with Crippen molar-refractivity contribution in [2.75, 3.05) is 12.9 Å². The van der Waals surface area contributed by atoms with Crippen LogP contribution in [0, 0.1) is 0 Å². The normalized spacial score (nSPS) is 25.0. The predicted octanol–water partition coefficient (Wildman–Crippen LogP) is 5.59. The smallest absolute Gasteiger partial charge is 0.305 e. The zero-order valence-electron chi connectivity index (χ0n) is 13.1. The van der Waals surface area contributed by atoms with Crippen molar-refractivity contribution < 1.29 is 9.53 Å². The number of hydrogen-bond donors (Lipinski definition) is 0. The maximum atomic E-state index is 11.1. The molecule has 0 bridgehead atoms. The summed E-state index contributed by atoms with van der Waals surface area (Å²) in [7, 11) is 1.46. The molecule has 22 heavy (non-hydrogen) atoms. The third kappa shape index (κ3) is 5.20. The SMILES string of the molecule is COC(=O)CCCCC1CCSC(C)(c2ccc(Br)cc2)S1. The van der Waals surface area contributed by atoms with Crippen LogP contribution in [0.15, 0.2) is 28.7 Å². The summed E-state index contributed by atoms with van der Waals surface area (Å²) >= 11 is 7.65. The van der Waals surface area contributed by atoms with Gasteiger partial charge in [-0.3, -0.25) is 4.79 Å². The van der Waals surface area contributed by atoms with Gasteiger partial charge in [0, 0.05) is 16.1 Å². The fourth-order valence-corrected chi connectivity index (χ4v) is 6.51. The van der Waals surface area contributed by atoms with E-state index in [0.717, 1.165) is 17.3 Å². The topological polar surface area (TPSA) is 26.3 Å². The van der Waals surface area contributed by atoms with E-state index in [9.17, 15) is 4.79 Å². The van der Waals surface area contributed by atoms with Gasteiger partial charge in [-0.15, -0.1) is 23.5 Å². The molecule has 2 rings (SSSR count). The summed E-state index contributed by atoms with van der Waals surface area (Å²) < 4.78 is 5.97. The van der Waals surface area contributed by atoms with Crippen molar-refractivity contribution in [3.05, 3.63) is 34.3 Å². The number of unbranched alkanes of at least 4 members (excludes halogenated alkanes) is 1. The Morgan fingerprint density at radius 3 is 2.77 bits per heavy atom. The zero-order valence-corrected chi connectivity index (χ0v) is 16.4. The van der Waals surface area contributed by atoms with Crippen LogP contribution in [0.1, 0.15) is 44.6 Å². The fourth-order valence-electron chi connectivity index (χ4n) is 2.65. The highest BCUT2D eigenvalue weighted by Crippen LogP contribution is 2.53. The summed E-state index contributed by atoms with van der Waals surface area (Å²) in [5.74, 6) is 1.12. The Bertz CT molecular complexity index is 492. The molecule has 1 fully saturated rings. The van der Waals surface area contributed by atoms with E-state index in [1.807, 2.05) is 11.8 Å². The average molecular weight is 403 g/mol. The van der Waals surface area contributed by atoms with Crippen molar-refractivity contribution >= 4 is 45.4 Å². The average Bonchev–Trinajstić information content (AvgIpc) is 2.52. The van der Waals surface area contributed by atoms with Gasteiger partial charge in [-0.25, -0.2) is 0 Å². The van der Waals surface area contributed by atoms with E-state index in [4.69, 9.17) is 4.74 Å². The Hall–Kier alpha value is -0.130. The first-order valence-electron chi connectivity index (χ1n) is 7.68.